The van der Waals surface area contributed by atoms with Gasteiger partial charge in [0.15, 0.2) is 0 Å². The fourth-order valence-corrected chi connectivity index (χ4v) is 5.03. The summed E-state index contributed by atoms with van der Waals surface area (Å²) in [6, 6.07) is 7.30. The summed E-state index contributed by atoms with van der Waals surface area (Å²) in [6.45, 7) is 10.8. The van der Waals surface area contributed by atoms with Crippen LogP contribution in [0.25, 0.3) is 0 Å². The lowest BCUT2D eigenvalue weighted by molar-refractivity contribution is -1.09. The zero-order valence-corrected chi connectivity index (χ0v) is 14.9. The quantitative estimate of drug-likeness (QED) is 0.664. The third kappa shape index (κ3) is 3.30. The van der Waals surface area contributed by atoms with E-state index in [-0.39, 0.29) is 12.4 Å². The van der Waals surface area contributed by atoms with E-state index < -0.39 is 0 Å². The van der Waals surface area contributed by atoms with Crippen LogP contribution in [0, 0.1) is 0 Å². The highest BCUT2D eigenvalue weighted by atomic mass is 35.5. The molecule has 3 aliphatic heterocycles. The maximum absolute atomic E-state index is 9.13. The third-order valence-electron chi connectivity index (χ3n) is 6.62. The van der Waals surface area contributed by atoms with Crippen LogP contribution in [0.5, 0.6) is 0 Å². The molecule has 23 heavy (non-hydrogen) atoms. The Bertz CT molecular complexity index is 536. The van der Waals surface area contributed by atoms with Crippen LogP contribution in [-0.2, 0) is 19.4 Å². The molecule has 128 valence electrons. The topological polar surface area (TPSA) is 20.2 Å². The lowest BCUT2D eigenvalue weighted by Crippen LogP contribution is -3.00. The number of hydrogen-bond acceptors (Lipinski definition) is 1. The average Bonchev–Trinajstić information content (AvgIpc) is 3.02. The Labute approximate surface area is 146 Å². The van der Waals surface area contributed by atoms with Gasteiger partial charge in [-0.15, -0.1) is 0 Å². The molecule has 0 saturated carbocycles. The predicted octanol–water partition coefficient (Wildman–Crippen LogP) is -1.28. The summed E-state index contributed by atoms with van der Waals surface area (Å²) < 4.78 is 2.60. The summed E-state index contributed by atoms with van der Waals surface area (Å²) in [4.78, 5) is 0. The van der Waals surface area contributed by atoms with E-state index in [1.165, 1.54) is 80.6 Å². The first-order valence-electron chi connectivity index (χ1n) is 9.14. The van der Waals surface area contributed by atoms with Crippen molar-refractivity contribution in [3.8, 4) is 0 Å². The predicted molar refractivity (Wildman–Crippen MR) is 88.5 cm³/mol. The second kappa shape index (κ2) is 6.72. The van der Waals surface area contributed by atoms with Crippen molar-refractivity contribution in [1.82, 2.24) is 0 Å². The first-order valence-corrected chi connectivity index (χ1v) is 9.14. The molecule has 0 amide bonds. The normalized spacial score (nSPS) is 31.7. The smallest absolute Gasteiger partial charge is 0.129 e. The van der Waals surface area contributed by atoms with E-state index in [9.17, 15) is 0 Å². The van der Waals surface area contributed by atoms with Gasteiger partial charge in [-0.2, -0.15) is 0 Å². The molecular weight excluding hydrogens is 308 g/mol. The van der Waals surface area contributed by atoms with Gasteiger partial charge in [0.1, 0.15) is 45.8 Å². The van der Waals surface area contributed by atoms with Crippen molar-refractivity contribution in [1.29, 1.82) is 0 Å². The van der Waals surface area contributed by atoms with Gasteiger partial charge in [-0.25, -0.2) is 0 Å². The molecule has 0 atom stereocenters. The van der Waals surface area contributed by atoms with Gasteiger partial charge in [-0.3, -0.25) is 0 Å². The Morgan fingerprint density at radius 1 is 0.870 bits per heavy atom. The zero-order chi connectivity index (χ0) is 15.0. The highest BCUT2D eigenvalue weighted by Gasteiger charge is 2.48. The molecule has 0 spiro atoms. The Morgan fingerprint density at radius 3 is 2.22 bits per heavy atom. The summed E-state index contributed by atoms with van der Waals surface area (Å²) in [5, 5.41) is 9.13. The molecule has 2 bridgehead atoms. The van der Waals surface area contributed by atoms with Crippen molar-refractivity contribution >= 4 is 0 Å². The number of fused-ring (bicyclic) bond motifs is 4. The van der Waals surface area contributed by atoms with Gasteiger partial charge >= 0.3 is 0 Å². The fraction of sp³-hybridized carbons (Fsp3) is 0.684. The van der Waals surface area contributed by atoms with Crippen molar-refractivity contribution in [2.45, 2.75) is 32.2 Å². The first-order chi connectivity index (χ1) is 10.7. The number of aryl methyl sites for hydroxylation is 2. The van der Waals surface area contributed by atoms with Gasteiger partial charge in [0, 0.05) is 18.6 Å². The summed E-state index contributed by atoms with van der Waals surface area (Å²) in [5.41, 5.74) is 4.79. The molecule has 0 radical (unpaired) electrons. The second-order valence-electron chi connectivity index (χ2n) is 7.94. The number of aliphatic hydroxyl groups excluding tert-OH is 1. The van der Waals surface area contributed by atoms with E-state index in [2.05, 4.69) is 18.2 Å². The molecule has 3 nitrogen and oxygen atoms in total. The summed E-state index contributed by atoms with van der Waals surface area (Å²) >= 11 is 0. The number of aliphatic hydroxyl groups is 1. The van der Waals surface area contributed by atoms with Gasteiger partial charge in [-0.1, -0.05) is 12.1 Å². The highest BCUT2D eigenvalue weighted by molar-refractivity contribution is 5.35. The Hall–Kier alpha value is -0.610. The summed E-state index contributed by atoms with van der Waals surface area (Å²) in [5.74, 6) is 0. The largest absolute Gasteiger partial charge is 1.00 e. The molecule has 5 rings (SSSR count). The minimum Gasteiger partial charge on any atom is -1.00 e. The molecular formula is C19H30ClN2O+. The van der Waals surface area contributed by atoms with Crippen molar-refractivity contribution in [2.24, 2.45) is 0 Å². The molecule has 0 aromatic heterocycles. The minimum absolute atomic E-state index is 0. The Balaban J connectivity index is 0.00000156. The van der Waals surface area contributed by atoms with Crippen molar-refractivity contribution in [2.75, 3.05) is 52.4 Å². The maximum Gasteiger partial charge on any atom is 0.129 e. The van der Waals surface area contributed by atoms with Crippen LogP contribution < -0.4 is 12.4 Å². The molecule has 0 unspecified atom stereocenters. The summed E-state index contributed by atoms with van der Waals surface area (Å²) in [6.07, 6.45) is 4.92. The van der Waals surface area contributed by atoms with Crippen LogP contribution in [0.1, 0.15) is 29.5 Å². The van der Waals surface area contributed by atoms with Crippen LogP contribution in [0.2, 0.25) is 0 Å². The zero-order valence-electron chi connectivity index (χ0n) is 14.1. The molecule has 4 aliphatic rings. The van der Waals surface area contributed by atoms with Crippen LogP contribution >= 0.6 is 0 Å². The second-order valence-corrected chi connectivity index (χ2v) is 7.94. The highest BCUT2D eigenvalue weighted by Crippen LogP contribution is 2.30. The molecule has 4 heteroatoms. The van der Waals surface area contributed by atoms with E-state index in [1.54, 1.807) is 16.7 Å². The molecule has 1 N–H and O–H groups in total. The summed E-state index contributed by atoms with van der Waals surface area (Å²) in [7, 11) is 0. The molecule has 3 heterocycles. The number of hydrogen-bond donors (Lipinski definition) is 1. The van der Waals surface area contributed by atoms with E-state index in [0.29, 0.717) is 6.61 Å². The van der Waals surface area contributed by atoms with Gasteiger partial charge in [-0.05, 0) is 36.5 Å². The maximum atomic E-state index is 9.13. The first kappa shape index (κ1) is 17.2. The average molecular weight is 338 g/mol. The Kier molecular flexibility index (Phi) is 5.03. The number of piperazine rings is 3. The molecule has 3 saturated heterocycles. The number of quaternary nitrogens is 2. The van der Waals surface area contributed by atoms with Gasteiger partial charge in [0.05, 0.1) is 6.54 Å². The van der Waals surface area contributed by atoms with E-state index in [1.807, 2.05) is 0 Å². The van der Waals surface area contributed by atoms with Crippen molar-refractivity contribution in [3.63, 3.8) is 0 Å². The lowest BCUT2D eigenvalue weighted by Gasteiger charge is -2.55. The Morgan fingerprint density at radius 2 is 1.52 bits per heavy atom. The van der Waals surface area contributed by atoms with Crippen LogP contribution in [0.15, 0.2) is 18.2 Å². The minimum atomic E-state index is 0. The van der Waals surface area contributed by atoms with Gasteiger partial charge in [0.25, 0.3) is 0 Å². The monoisotopic (exact) mass is 337 g/mol. The number of benzene rings is 1. The van der Waals surface area contributed by atoms with Gasteiger partial charge in [0.2, 0.25) is 0 Å². The van der Waals surface area contributed by atoms with E-state index >= 15 is 0 Å². The number of nitrogens with zero attached hydrogens (tertiary/aromatic N) is 2. The third-order valence-corrected chi connectivity index (χ3v) is 6.62. The van der Waals surface area contributed by atoms with Gasteiger partial charge < -0.3 is 26.5 Å². The SMILES string of the molecule is OCCC[N+]12CC[N+](Cc3ccc4c(c3)CCC4)(CC1)CC2.[Cl-]. The van der Waals surface area contributed by atoms with E-state index in [0.717, 1.165) is 6.42 Å². The van der Waals surface area contributed by atoms with E-state index in [4.69, 9.17) is 5.11 Å². The van der Waals surface area contributed by atoms with Crippen LogP contribution in [-0.4, -0.2) is 66.5 Å². The van der Waals surface area contributed by atoms with Crippen molar-refractivity contribution < 1.29 is 26.5 Å². The fourth-order valence-electron chi connectivity index (χ4n) is 5.03. The number of halogens is 1. The lowest BCUT2D eigenvalue weighted by atomic mass is 10.0. The van der Waals surface area contributed by atoms with Crippen LogP contribution in [0.3, 0.4) is 0 Å². The molecule has 1 aromatic rings. The van der Waals surface area contributed by atoms with Crippen LogP contribution in [0.4, 0.5) is 0 Å². The van der Waals surface area contributed by atoms with Crippen molar-refractivity contribution in [3.05, 3.63) is 34.9 Å². The molecule has 3 fully saturated rings. The number of rotatable bonds is 5. The molecule has 1 aliphatic carbocycles. The molecule has 1 aromatic carbocycles. The standard InChI is InChI=1S/C19H30N2O.ClH/c22-14-2-7-20-8-11-21(12-9-20,13-10-20)16-17-5-6-18-3-1-4-19(18)15-17;/h5-6,15,22H,1-4,7-14,16H2;1H/q+2;/p-1.